The Kier molecular flexibility index (Phi) is 6.01. The van der Waals surface area contributed by atoms with Crippen LogP contribution in [-0.4, -0.2) is 63.0 Å². The lowest BCUT2D eigenvalue weighted by atomic mass is 9.99. The number of ether oxygens (including phenoxy) is 3. The topological polar surface area (TPSA) is 77.1 Å². The number of carbonyl (C=O) groups excluding carboxylic acids is 2. The molecule has 2 heterocycles. The fourth-order valence-corrected chi connectivity index (χ4v) is 3.96. The van der Waals surface area contributed by atoms with Crippen molar-refractivity contribution in [3.8, 4) is 5.75 Å². The zero-order chi connectivity index (χ0) is 20.4. The summed E-state index contributed by atoms with van der Waals surface area (Å²) >= 11 is 0. The molecule has 1 aliphatic carbocycles. The van der Waals surface area contributed by atoms with Gasteiger partial charge < -0.3 is 19.5 Å². The van der Waals surface area contributed by atoms with Gasteiger partial charge in [-0.05, 0) is 62.2 Å². The minimum Gasteiger partial charge on any atom is -0.493 e. The van der Waals surface area contributed by atoms with Crippen LogP contribution in [0.4, 0.5) is 4.39 Å². The summed E-state index contributed by atoms with van der Waals surface area (Å²) in [6.45, 7) is 2.49. The van der Waals surface area contributed by atoms with Crippen molar-refractivity contribution >= 4 is 11.9 Å². The van der Waals surface area contributed by atoms with E-state index in [1.807, 2.05) is 0 Å². The van der Waals surface area contributed by atoms with Gasteiger partial charge in [-0.15, -0.1) is 0 Å². The molecule has 1 atom stereocenters. The summed E-state index contributed by atoms with van der Waals surface area (Å²) in [7, 11) is 1.25. The standard InChI is InChI=1S/C21H27FN2O5/c1-27-21(26)18-11-28-12-24(18)20(25)16-8-15(14-2-3-14)19(9-17(16)22)29-10-13-4-6-23-7-5-13/h8-9,13-14,18,23H,2-7,10-12H2,1H3. The Labute approximate surface area is 169 Å². The van der Waals surface area contributed by atoms with Crippen LogP contribution < -0.4 is 10.1 Å². The van der Waals surface area contributed by atoms with E-state index in [2.05, 4.69) is 5.32 Å². The second-order valence-corrected chi connectivity index (χ2v) is 7.96. The van der Waals surface area contributed by atoms with Gasteiger partial charge in [-0.2, -0.15) is 0 Å². The molecule has 1 N–H and O–H groups in total. The predicted octanol–water partition coefficient (Wildman–Crippen LogP) is 2.05. The van der Waals surface area contributed by atoms with Crippen molar-refractivity contribution in [1.29, 1.82) is 0 Å². The van der Waals surface area contributed by atoms with Gasteiger partial charge in [-0.25, -0.2) is 9.18 Å². The number of rotatable bonds is 6. The van der Waals surface area contributed by atoms with E-state index in [4.69, 9.17) is 14.2 Å². The first kappa shape index (κ1) is 20.1. The number of hydrogen-bond acceptors (Lipinski definition) is 6. The first-order chi connectivity index (χ1) is 14.1. The molecule has 1 aromatic rings. The molecule has 0 aromatic heterocycles. The average molecular weight is 406 g/mol. The van der Waals surface area contributed by atoms with E-state index >= 15 is 0 Å². The molecule has 8 heteroatoms. The van der Waals surface area contributed by atoms with Crippen molar-refractivity contribution in [1.82, 2.24) is 10.2 Å². The Morgan fingerprint density at radius 1 is 1.24 bits per heavy atom. The Balaban J connectivity index is 1.54. The molecule has 0 spiro atoms. The van der Waals surface area contributed by atoms with Crippen LogP contribution in [0.1, 0.15) is 47.5 Å². The minimum absolute atomic E-state index is 0.0486. The van der Waals surface area contributed by atoms with Gasteiger partial charge >= 0.3 is 5.97 Å². The molecule has 0 radical (unpaired) electrons. The van der Waals surface area contributed by atoms with Gasteiger partial charge in [0.15, 0.2) is 6.04 Å². The molecule has 1 unspecified atom stereocenters. The quantitative estimate of drug-likeness (QED) is 0.729. The molecule has 0 bridgehead atoms. The Morgan fingerprint density at radius 3 is 2.69 bits per heavy atom. The Bertz CT molecular complexity index is 777. The number of hydrogen-bond donors (Lipinski definition) is 1. The second kappa shape index (κ2) is 8.67. The van der Waals surface area contributed by atoms with Crippen molar-refractivity contribution in [2.45, 2.75) is 37.6 Å². The maximum atomic E-state index is 14.9. The molecule has 158 valence electrons. The molecule has 1 saturated carbocycles. The van der Waals surface area contributed by atoms with Gasteiger partial charge in [-0.1, -0.05) is 0 Å². The monoisotopic (exact) mass is 406 g/mol. The highest BCUT2D eigenvalue weighted by Gasteiger charge is 2.38. The molecule has 2 aliphatic heterocycles. The lowest BCUT2D eigenvalue weighted by Gasteiger charge is -2.24. The molecule has 3 fully saturated rings. The van der Waals surface area contributed by atoms with E-state index in [9.17, 15) is 14.0 Å². The van der Waals surface area contributed by atoms with E-state index in [0.29, 0.717) is 18.3 Å². The molecule has 1 aromatic carbocycles. The first-order valence-corrected chi connectivity index (χ1v) is 10.2. The maximum Gasteiger partial charge on any atom is 0.331 e. The van der Waals surface area contributed by atoms with Gasteiger partial charge in [0.1, 0.15) is 18.3 Å². The first-order valence-electron chi connectivity index (χ1n) is 10.2. The maximum absolute atomic E-state index is 14.9. The summed E-state index contributed by atoms with van der Waals surface area (Å²) in [5.74, 6) is -0.507. The summed E-state index contributed by atoms with van der Waals surface area (Å²) in [4.78, 5) is 26.1. The van der Waals surface area contributed by atoms with Crippen LogP contribution in [0.25, 0.3) is 0 Å². The lowest BCUT2D eigenvalue weighted by Crippen LogP contribution is -2.42. The lowest BCUT2D eigenvalue weighted by molar-refractivity contribution is -0.144. The summed E-state index contributed by atoms with van der Waals surface area (Å²) < 4.78 is 30.9. The number of halogens is 1. The molecule has 29 heavy (non-hydrogen) atoms. The van der Waals surface area contributed by atoms with E-state index in [0.717, 1.165) is 44.3 Å². The normalized spacial score (nSPS) is 22.6. The smallest absolute Gasteiger partial charge is 0.331 e. The molecular weight excluding hydrogens is 379 g/mol. The Hall–Kier alpha value is -2.19. The third-order valence-corrected chi connectivity index (χ3v) is 5.90. The van der Waals surface area contributed by atoms with Crippen molar-refractivity contribution in [3.63, 3.8) is 0 Å². The zero-order valence-corrected chi connectivity index (χ0v) is 16.6. The third kappa shape index (κ3) is 4.38. The summed E-state index contributed by atoms with van der Waals surface area (Å²) in [5.41, 5.74) is 0.818. The average Bonchev–Trinajstić information content (AvgIpc) is 3.47. The van der Waals surface area contributed by atoms with Gasteiger partial charge in [0.25, 0.3) is 5.91 Å². The van der Waals surface area contributed by atoms with Crippen molar-refractivity contribution in [3.05, 3.63) is 29.1 Å². The van der Waals surface area contributed by atoms with Gasteiger partial charge in [0.2, 0.25) is 0 Å². The summed E-state index contributed by atoms with van der Waals surface area (Å²) in [5, 5.41) is 3.32. The van der Waals surface area contributed by atoms with Crippen LogP contribution in [0.15, 0.2) is 12.1 Å². The van der Waals surface area contributed by atoms with E-state index in [1.165, 1.54) is 18.1 Å². The number of benzene rings is 1. The molecule has 1 amide bonds. The van der Waals surface area contributed by atoms with Crippen molar-refractivity contribution < 1.29 is 28.2 Å². The minimum atomic E-state index is -0.855. The van der Waals surface area contributed by atoms with E-state index in [1.54, 1.807) is 6.07 Å². The number of carbonyl (C=O) groups is 2. The van der Waals surface area contributed by atoms with Crippen LogP contribution in [0.3, 0.4) is 0 Å². The number of nitrogens with one attached hydrogen (secondary N) is 1. The number of piperidine rings is 1. The van der Waals surface area contributed by atoms with Crippen LogP contribution in [0.5, 0.6) is 5.75 Å². The fourth-order valence-electron chi connectivity index (χ4n) is 3.96. The number of methoxy groups -OCH3 is 1. The highest BCUT2D eigenvalue weighted by atomic mass is 19.1. The van der Waals surface area contributed by atoms with E-state index in [-0.39, 0.29) is 24.8 Å². The molecule has 7 nitrogen and oxygen atoms in total. The third-order valence-electron chi connectivity index (χ3n) is 5.90. The van der Waals surface area contributed by atoms with E-state index < -0.39 is 23.7 Å². The molecule has 2 saturated heterocycles. The van der Waals surface area contributed by atoms with Crippen molar-refractivity contribution in [2.75, 3.05) is 40.1 Å². The Morgan fingerprint density at radius 2 is 2.00 bits per heavy atom. The molecular formula is C21H27FN2O5. The zero-order valence-electron chi connectivity index (χ0n) is 16.6. The number of esters is 1. The van der Waals surface area contributed by atoms with Crippen molar-refractivity contribution in [2.24, 2.45) is 5.92 Å². The molecule has 4 rings (SSSR count). The summed E-state index contributed by atoms with van der Waals surface area (Å²) in [6.07, 6.45) is 4.09. The fraction of sp³-hybridized carbons (Fsp3) is 0.619. The second-order valence-electron chi connectivity index (χ2n) is 7.96. The van der Waals surface area contributed by atoms with Crippen LogP contribution in [-0.2, 0) is 14.3 Å². The number of amides is 1. The van der Waals surface area contributed by atoms with Gasteiger partial charge in [0.05, 0.1) is 25.9 Å². The molecule has 3 aliphatic rings. The van der Waals surface area contributed by atoms with Crippen LogP contribution >= 0.6 is 0 Å². The highest BCUT2D eigenvalue weighted by Crippen LogP contribution is 2.45. The van der Waals surface area contributed by atoms with Crippen LogP contribution in [0, 0.1) is 11.7 Å². The van der Waals surface area contributed by atoms with Crippen LogP contribution in [0.2, 0.25) is 0 Å². The predicted molar refractivity (Wildman–Crippen MR) is 102 cm³/mol. The highest BCUT2D eigenvalue weighted by molar-refractivity contribution is 5.97. The van der Waals surface area contributed by atoms with Gasteiger partial charge in [0, 0.05) is 6.07 Å². The largest absolute Gasteiger partial charge is 0.493 e. The van der Waals surface area contributed by atoms with Gasteiger partial charge in [-0.3, -0.25) is 9.69 Å². The number of nitrogens with zero attached hydrogens (tertiary/aromatic N) is 1. The SMILES string of the molecule is COC(=O)C1COCN1C(=O)c1cc(C2CC2)c(OCC2CCNCC2)cc1F. The summed E-state index contributed by atoms with van der Waals surface area (Å²) in [6, 6.07) is 2.07.